The molecule has 4 rings (SSSR count). The van der Waals surface area contributed by atoms with Gasteiger partial charge in [-0.1, -0.05) is 13.8 Å². The molecule has 254 valence electrons. The van der Waals surface area contributed by atoms with Crippen LogP contribution in [0.15, 0.2) is 24.5 Å². The summed E-state index contributed by atoms with van der Waals surface area (Å²) in [5, 5.41) is 8.19. The summed E-state index contributed by atoms with van der Waals surface area (Å²) in [6.45, 7) is 20.6. The standard InChI is InChI=1S/C34H52FN7O4/c1-10-42(24(4)5)31(43)26-18-25(35)13-14-28(26)45-30-29(36-22-37-38-30)40-17-15-34(19-40)20-41(21-34)27(23(2)3)12-11-16-39(9)32(44)46-33(6,7)8/h13-14,18,22-24,27H,10-12,15-17,19-21H2,1-9H3. The third-order valence-corrected chi connectivity index (χ3v) is 8.93. The van der Waals surface area contributed by atoms with Gasteiger partial charge in [-0.05, 0) is 84.9 Å². The van der Waals surface area contributed by atoms with Crippen LogP contribution in [-0.2, 0) is 4.74 Å². The number of hydrogen-bond donors (Lipinski definition) is 0. The molecule has 2 saturated heterocycles. The van der Waals surface area contributed by atoms with Gasteiger partial charge in [-0.15, -0.1) is 10.2 Å². The Morgan fingerprint density at radius 3 is 2.48 bits per heavy atom. The summed E-state index contributed by atoms with van der Waals surface area (Å²) in [5.41, 5.74) is -0.232. The average molecular weight is 642 g/mol. The van der Waals surface area contributed by atoms with E-state index in [1.54, 1.807) is 16.8 Å². The molecular weight excluding hydrogens is 589 g/mol. The van der Waals surface area contributed by atoms with Crippen molar-refractivity contribution in [1.29, 1.82) is 0 Å². The molecule has 0 bridgehead atoms. The first-order valence-electron chi connectivity index (χ1n) is 16.5. The number of carbonyl (C=O) groups is 2. The third-order valence-electron chi connectivity index (χ3n) is 8.93. The molecule has 0 N–H and O–H groups in total. The Hall–Kier alpha value is -3.54. The average Bonchev–Trinajstić information content (AvgIpc) is 3.40. The van der Waals surface area contributed by atoms with Gasteiger partial charge in [-0.2, -0.15) is 0 Å². The number of halogens is 1. The number of anilines is 1. The van der Waals surface area contributed by atoms with E-state index in [1.165, 1.54) is 24.5 Å². The first-order chi connectivity index (χ1) is 21.6. The lowest BCUT2D eigenvalue weighted by Gasteiger charge is -2.53. The fraction of sp³-hybridized carbons (Fsp3) is 0.676. The van der Waals surface area contributed by atoms with Gasteiger partial charge >= 0.3 is 6.09 Å². The van der Waals surface area contributed by atoms with Crippen molar-refractivity contribution in [2.24, 2.45) is 11.3 Å². The number of rotatable bonds is 12. The summed E-state index contributed by atoms with van der Waals surface area (Å²) >= 11 is 0. The number of nitrogens with zero attached hydrogens (tertiary/aromatic N) is 7. The number of amides is 2. The molecule has 1 spiro atoms. The first kappa shape index (κ1) is 35.3. The molecule has 46 heavy (non-hydrogen) atoms. The quantitative estimate of drug-likeness (QED) is 0.282. The minimum absolute atomic E-state index is 0.0564. The maximum Gasteiger partial charge on any atom is 0.410 e. The maximum absolute atomic E-state index is 14.3. The normalized spacial score (nSPS) is 16.9. The molecule has 2 amide bonds. The Balaban J connectivity index is 1.39. The fourth-order valence-electron chi connectivity index (χ4n) is 6.63. The van der Waals surface area contributed by atoms with Gasteiger partial charge in [0.05, 0.1) is 5.56 Å². The largest absolute Gasteiger partial charge is 0.444 e. The first-order valence-corrected chi connectivity index (χ1v) is 16.5. The molecule has 2 aliphatic rings. The smallest absolute Gasteiger partial charge is 0.410 e. The second kappa shape index (κ2) is 14.5. The van der Waals surface area contributed by atoms with Crippen molar-refractivity contribution in [2.45, 2.75) is 92.3 Å². The summed E-state index contributed by atoms with van der Waals surface area (Å²) < 4.78 is 26.0. The van der Waals surface area contributed by atoms with Crippen LogP contribution in [0.1, 0.15) is 85.0 Å². The summed E-state index contributed by atoms with van der Waals surface area (Å²) in [6, 6.07) is 4.31. The van der Waals surface area contributed by atoms with Crippen molar-refractivity contribution in [2.75, 3.05) is 51.2 Å². The van der Waals surface area contributed by atoms with E-state index in [4.69, 9.17) is 9.47 Å². The fourth-order valence-corrected chi connectivity index (χ4v) is 6.63. The lowest BCUT2D eigenvalue weighted by Crippen LogP contribution is -2.62. The van der Waals surface area contributed by atoms with E-state index in [0.717, 1.165) is 45.4 Å². The van der Waals surface area contributed by atoms with Crippen molar-refractivity contribution < 1.29 is 23.5 Å². The van der Waals surface area contributed by atoms with E-state index in [9.17, 15) is 14.0 Å². The summed E-state index contributed by atoms with van der Waals surface area (Å²) in [4.78, 5) is 38.3. The van der Waals surface area contributed by atoms with Crippen LogP contribution in [0.5, 0.6) is 11.6 Å². The van der Waals surface area contributed by atoms with Crippen molar-refractivity contribution >= 4 is 17.8 Å². The van der Waals surface area contributed by atoms with Crippen molar-refractivity contribution in [3.8, 4) is 11.6 Å². The highest BCUT2D eigenvalue weighted by atomic mass is 19.1. The molecule has 1 unspecified atom stereocenters. The van der Waals surface area contributed by atoms with Crippen LogP contribution in [0.3, 0.4) is 0 Å². The Bertz CT molecular complexity index is 1360. The van der Waals surface area contributed by atoms with Crippen molar-refractivity contribution in [1.82, 2.24) is 29.9 Å². The van der Waals surface area contributed by atoms with Crippen LogP contribution in [0.4, 0.5) is 15.0 Å². The third kappa shape index (κ3) is 8.43. The number of ether oxygens (including phenoxy) is 2. The van der Waals surface area contributed by atoms with E-state index < -0.39 is 11.4 Å². The SMILES string of the molecule is CCN(C(=O)c1cc(F)ccc1Oc1nncnc1N1CCC2(C1)CN(C(CCCN(C)C(=O)OC(C)(C)C)C(C)C)C2)C(C)C. The molecule has 2 aliphatic heterocycles. The summed E-state index contributed by atoms with van der Waals surface area (Å²) in [5.74, 6) is 0.637. The zero-order valence-electron chi connectivity index (χ0n) is 29.0. The maximum atomic E-state index is 14.3. The number of benzene rings is 1. The molecule has 1 atom stereocenters. The van der Waals surface area contributed by atoms with Crippen LogP contribution in [0.2, 0.25) is 0 Å². The van der Waals surface area contributed by atoms with Gasteiger partial charge < -0.3 is 24.2 Å². The van der Waals surface area contributed by atoms with Crippen LogP contribution in [0.25, 0.3) is 0 Å². The lowest BCUT2D eigenvalue weighted by atomic mass is 9.76. The van der Waals surface area contributed by atoms with E-state index in [-0.39, 0.29) is 40.7 Å². The molecule has 2 aromatic rings. The van der Waals surface area contributed by atoms with E-state index in [0.29, 0.717) is 30.9 Å². The number of aromatic nitrogens is 3. The van der Waals surface area contributed by atoms with E-state index in [2.05, 4.69) is 38.8 Å². The molecule has 3 heterocycles. The molecule has 12 heteroatoms. The van der Waals surface area contributed by atoms with Crippen molar-refractivity contribution in [3.63, 3.8) is 0 Å². The molecular formula is C34H52FN7O4. The Kier molecular flexibility index (Phi) is 11.1. The second-order valence-corrected chi connectivity index (χ2v) is 14.4. The molecule has 1 aromatic heterocycles. The monoisotopic (exact) mass is 641 g/mol. The number of carbonyl (C=O) groups excluding carboxylic acids is 2. The van der Waals surface area contributed by atoms with Gasteiger partial charge in [-0.25, -0.2) is 14.2 Å². The predicted molar refractivity (Wildman–Crippen MR) is 176 cm³/mol. The minimum Gasteiger partial charge on any atom is -0.444 e. The number of likely N-dealkylation sites (tertiary alicyclic amines) is 1. The Morgan fingerprint density at radius 1 is 1.13 bits per heavy atom. The molecule has 0 aliphatic carbocycles. The van der Waals surface area contributed by atoms with Gasteiger partial charge in [0.2, 0.25) is 0 Å². The number of hydrogen-bond acceptors (Lipinski definition) is 9. The zero-order chi connectivity index (χ0) is 33.8. The molecule has 11 nitrogen and oxygen atoms in total. The van der Waals surface area contributed by atoms with Crippen LogP contribution in [-0.4, -0.2) is 106 Å². The zero-order valence-corrected chi connectivity index (χ0v) is 29.0. The lowest BCUT2D eigenvalue weighted by molar-refractivity contribution is -0.0346. The minimum atomic E-state index is -0.515. The highest BCUT2D eigenvalue weighted by Crippen LogP contribution is 2.44. The topological polar surface area (TPSA) is 104 Å². The predicted octanol–water partition coefficient (Wildman–Crippen LogP) is 5.86. The van der Waals surface area contributed by atoms with Gasteiger partial charge in [0, 0.05) is 63.8 Å². The molecule has 0 radical (unpaired) electrons. The van der Waals surface area contributed by atoms with Crippen LogP contribution < -0.4 is 9.64 Å². The van der Waals surface area contributed by atoms with Gasteiger partial charge in [-0.3, -0.25) is 9.69 Å². The summed E-state index contributed by atoms with van der Waals surface area (Å²) in [6.07, 6.45) is 4.04. The second-order valence-electron chi connectivity index (χ2n) is 14.4. The van der Waals surface area contributed by atoms with Crippen molar-refractivity contribution in [3.05, 3.63) is 35.9 Å². The van der Waals surface area contributed by atoms with Gasteiger partial charge in [0.15, 0.2) is 5.82 Å². The molecule has 0 saturated carbocycles. The molecule has 1 aromatic carbocycles. The molecule has 2 fully saturated rings. The Morgan fingerprint density at radius 2 is 1.85 bits per heavy atom. The highest BCUT2D eigenvalue weighted by Gasteiger charge is 2.50. The highest BCUT2D eigenvalue weighted by molar-refractivity contribution is 5.97. The summed E-state index contributed by atoms with van der Waals surface area (Å²) in [7, 11) is 1.80. The van der Waals surface area contributed by atoms with Gasteiger partial charge in [0.1, 0.15) is 23.5 Å². The van der Waals surface area contributed by atoms with E-state index >= 15 is 0 Å². The van der Waals surface area contributed by atoms with Crippen LogP contribution in [0, 0.1) is 17.2 Å². The Labute approximate surface area is 273 Å². The van der Waals surface area contributed by atoms with Crippen LogP contribution >= 0.6 is 0 Å². The van der Waals surface area contributed by atoms with Gasteiger partial charge in [0.25, 0.3) is 11.8 Å². The van der Waals surface area contributed by atoms with E-state index in [1.807, 2.05) is 41.5 Å².